The van der Waals surface area contributed by atoms with Crippen molar-refractivity contribution in [2.75, 3.05) is 6.61 Å². The maximum atomic E-state index is 11.3. The Bertz CT molecular complexity index is 550. The lowest BCUT2D eigenvalue weighted by Gasteiger charge is -2.24. The van der Waals surface area contributed by atoms with E-state index in [4.69, 9.17) is 63.9 Å². The second-order valence-electron chi connectivity index (χ2n) is 4.94. The quantitative estimate of drug-likeness (QED) is 0.233. The molecule has 1 rings (SSSR count). The lowest BCUT2D eigenvalue weighted by atomic mass is 10.1. The lowest BCUT2D eigenvalue weighted by Crippen LogP contribution is -2.42. The Morgan fingerprint density at radius 1 is 0.960 bits per heavy atom. The third kappa shape index (κ3) is 6.85. The summed E-state index contributed by atoms with van der Waals surface area (Å²) in [6.45, 7) is 3.10. The number of alkyl halides is 3. The first kappa shape index (κ1) is 21.8. The van der Waals surface area contributed by atoms with E-state index in [1.807, 2.05) is 0 Å². The molecule has 0 bridgehead atoms. The summed E-state index contributed by atoms with van der Waals surface area (Å²) < 4.78 is 23.3. The molecule has 1 heterocycles. The van der Waals surface area contributed by atoms with Crippen molar-refractivity contribution in [1.82, 2.24) is 0 Å². The van der Waals surface area contributed by atoms with Crippen LogP contribution in [0, 0.1) is 5.41 Å². The minimum absolute atomic E-state index is 0.313. The van der Waals surface area contributed by atoms with Crippen molar-refractivity contribution in [3.05, 3.63) is 0 Å². The second-order valence-corrected chi connectivity index (χ2v) is 7.22. The van der Waals surface area contributed by atoms with Crippen LogP contribution in [0.25, 0.3) is 0 Å². The van der Waals surface area contributed by atoms with Gasteiger partial charge in [0.15, 0.2) is 6.10 Å². The summed E-state index contributed by atoms with van der Waals surface area (Å²) in [7, 11) is 0. The van der Waals surface area contributed by atoms with Gasteiger partial charge in [0.25, 0.3) is 3.79 Å². The molecular formula is C13H16Cl3NO8. The summed E-state index contributed by atoms with van der Waals surface area (Å²) in [5.74, 6) is -2.83. The smallest absolute Gasteiger partial charge is 0.303 e. The number of carbonyl (C=O) groups excluding carboxylic acids is 3. The number of esters is 3. The maximum Gasteiger partial charge on any atom is 0.303 e. The number of hydrogen-bond acceptors (Lipinski definition) is 9. The van der Waals surface area contributed by atoms with Crippen molar-refractivity contribution in [1.29, 1.82) is 5.41 Å². The molecule has 0 aliphatic carbocycles. The van der Waals surface area contributed by atoms with Gasteiger partial charge in [-0.15, -0.1) is 0 Å². The SMILES string of the molecule is CC(=O)OC[C@@H]1O[C@@H](OC(=N)C(Cl)(Cl)Cl)[C@H](OC(C)=O)[C@H]1OC(C)=O. The molecule has 1 N–H and O–H groups in total. The highest BCUT2D eigenvalue weighted by atomic mass is 35.6. The molecule has 1 aliphatic rings. The standard InChI is InChI=1S/C13H16Cl3NO8/c1-5(18)21-4-8-9(22-6(2)19)10(23-7(3)20)11(24-8)25-12(17)13(14,15)16/h8-11,17H,4H2,1-3H3/t8-,9-,10+,11-/m0/s1. The normalized spacial score (nSPS) is 25.8. The van der Waals surface area contributed by atoms with Crippen LogP contribution in [0.15, 0.2) is 0 Å². The average molecular weight is 421 g/mol. The number of carbonyl (C=O) groups is 3. The van der Waals surface area contributed by atoms with Crippen LogP contribution < -0.4 is 0 Å². The van der Waals surface area contributed by atoms with Gasteiger partial charge < -0.3 is 23.7 Å². The van der Waals surface area contributed by atoms with Crippen molar-refractivity contribution in [2.45, 2.75) is 49.2 Å². The van der Waals surface area contributed by atoms with E-state index in [0.29, 0.717) is 0 Å². The van der Waals surface area contributed by atoms with E-state index in [9.17, 15) is 14.4 Å². The Balaban J connectivity index is 3.03. The van der Waals surface area contributed by atoms with Gasteiger partial charge in [-0.25, -0.2) is 0 Å². The molecule has 1 fully saturated rings. The fourth-order valence-electron chi connectivity index (χ4n) is 1.95. The second kappa shape index (κ2) is 8.88. The molecule has 4 atom stereocenters. The number of halogens is 3. The van der Waals surface area contributed by atoms with Crippen molar-refractivity contribution >= 4 is 58.6 Å². The Kier molecular flexibility index (Phi) is 7.73. The minimum atomic E-state index is -2.19. The fraction of sp³-hybridized carbons (Fsp3) is 0.692. The molecular weight excluding hydrogens is 405 g/mol. The molecule has 9 nitrogen and oxygen atoms in total. The van der Waals surface area contributed by atoms with E-state index >= 15 is 0 Å². The van der Waals surface area contributed by atoms with E-state index in [-0.39, 0.29) is 6.61 Å². The molecule has 0 aromatic carbocycles. The van der Waals surface area contributed by atoms with E-state index < -0.39 is 52.2 Å². The summed E-state index contributed by atoms with van der Waals surface area (Å²) in [6, 6.07) is 0. The number of nitrogens with one attached hydrogen (secondary N) is 1. The highest BCUT2D eigenvalue weighted by molar-refractivity contribution is 6.76. The molecule has 1 aliphatic heterocycles. The van der Waals surface area contributed by atoms with Gasteiger partial charge in [0, 0.05) is 20.8 Å². The van der Waals surface area contributed by atoms with Gasteiger partial charge >= 0.3 is 17.9 Å². The van der Waals surface area contributed by atoms with Crippen LogP contribution in [0.2, 0.25) is 0 Å². The molecule has 0 aromatic heterocycles. The van der Waals surface area contributed by atoms with Gasteiger partial charge in [-0.3, -0.25) is 19.8 Å². The molecule has 25 heavy (non-hydrogen) atoms. The molecule has 0 saturated carbocycles. The highest BCUT2D eigenvalue weighted by Gasteiger charge is 2.52. The maximum absolute atomic E-state index is 11.3. The average Bonchev–Trinajstić information content (AvgIpc) is 2.72. The predicted octanol–water partition coefficient (Wildman–Crippen LogP) is 1.50. The number of hydrogen-bond donors (Lipinski definition) is 1. The topological polar surface area (TPSA) is 121 Å². The first-order chi connectivity index (χ1) is 11.4. The van der Waals surface area contributed by atoms with E-state index in [1.165, 1.54) is 6.92 Å². The highest BCUT2D eigenvalue weighted by Crippen LogP contribution is 2.33. The summed E-state index contributed by atoms with van der Waals surface area (Å²) in [5, 5.41) is 7.59. The van der Waals surface area contributed by atoms with Crippen LogP contribution >= 0.6 is 34.8 Å². The van der Waals surface area contributed by atoms with Crippen LogP contribution in [-0.2, 0) is 38.1 Å². The third-order valence-electron chi connectivity index (χ3n) is 2.81. The fourth-order valence-corrected chi connectivity index (χ4v) is 2.09. The minimum Gasteiger partial charge on any atom is -0.463 e. The zero-order valence-corrected chi connectivity index (χ0v) is 15.7. The lowest BCUT2D eigenvalue weighted by molar-refractivity contribution is -0.172. The summed E-state index contributed by atoms with van der Waals surface area (Å²) in [5.41, 5.74) is 0. The van der Waals surface area contributed by atoms with Gasteiger partial charge in [-0.1, -0.05) is 34.8 Å². The van der Waals surface area contributed by atoms with Crippen molar-refractivity contribution in [2.24, 2.45) is 0 Å². The summed E-state index contributed by atoms with van der Waals surface area (Å²) in [4.78, 5) is 33.7. The Morgan fingerprint density at radius 2 is 1.48 bits per heavy atom. The van der Waals surface area contributed by atoms with Gasteiger partial charge in [0.2, 0.25) is 18.3 Å². The molecule has 0 spiro atoms. The Labute approximate surface area is 158 Å². The first-order valence-electron chi connectivity index (χ1n) is 6.87. The van der Waals surface area contributed by atoms with Crippen LogP contribution in [0.1, 0.15) is 20.8 Å². The van der Waals surface area contributed by atoms with E-state index in [0.717, 1.165) is 13.8 Å². The van der Waals surface area contributed by atoms with E-state index in [1.54, 1.807) is 0 Å². The van der Waals surface area contributed by atoms with Gasteiger partial charge in [0.1, 0.15) is 12.7 Å². The molecule has 12 heteroatoms. The van der Waals surface area contributed by atoms with Crippen LogP contribution in [-0.4, -0.2) is 58.8 Å². The Hall–Kier alpha value is -1.29. The van der Waals surface area contributed by atoms with Gasteiger partial charge in [-0.2, -0.15) is 0 Å². The van der Waals surface area contributed by atoms with E-state index in [2.05, 4.69) is 0 Å². The monoisotopic (exact) mass is 419 g/mol. The Morgan fingerprint density at radius 3 is 1.92 bits per heavy atom. The zero-order valence-electron chi connectivity index (χ0n) is 13.4. The molecule has 1 saturated heterocycles. The van der Waals surface area contributed by atoms with Crippen LogP contribution in [0.5, 0.6) is 0 Å². The third-order valence-corrected chi connectivity index (χ3v) is 3.33. The molecule has 142 valence electrons. The summed E-state index contributed by atoms with van der Waals surface area (Å²) in [6.07, 6.45) is -4.87. The summed E-state index contributed by atoms with van der Waals surface area (Å²) >= 11 is 16.6. The first-order valence-corrected chi connectivity index (χ1v) is 8.01. The van der Waals surface area contributed by atoms with Crippen molar-refractivity contribution in [3.63, 3.8) is 0 Å². The van der Waals surface area contributed by atoms with Crippen molar-refractivity contribution < 1.29 is 38.1 Å². The largest absolute Gasteiger partial charge is 0.463 e. The molecule has 0 aromatic rings. The van der Waals surface area contributed by atoms with Crippen LogP contribution in [0.4, 0.5) is 0 Å². The number of ether oxygens (including phenoxy) is 5. The van der Waals surface area contributed by atoms with Crippen LogP contribution in [0.3, 0.4) is 0 Å². The van der Waals surface area contributed by atoms with Crippen molar-refractivity contribution in [3.8, 4) is 0 Å². The van der Waals surface area contributed by atoms with Gasteiger partial charge in [-0.05, 0) is 0 Å². The molecule has 0 radical (unpaired) electrons. The molecule has 0 unspecified atom stereocenters. The zero-order chi connectivity index (χ0) is 19.4. The number of rotatable bonds is 5. The van der Waals surface area contributed by atoms with Gasteiger partial charge in [0.05, 0.1) is 0 Å². The molecule has 0 amide bonds. The predicted molar refractivity (Wildman–Crippen MR) is 85.5 cm³/mol.